The Hall–Kier alpha value is -1.38. The molecule has 1 atom stereocenters. The van der Waals surface area contributed by atoms with Gasteiger partial charge in [0, 0.05) is 0 Å². The molecule has 2 aromatic rings. The van der Waals surface area contributed by atoms with Gasteiger partial charge in [-0.3, -0.25) is 4.84 Å². The van der Waals surface area contributed by atoms with E-state index < -0.39 is 0 Å². The van der Waals surface area contributed by atoms with Gasteiger partial charge in [0.15, 0.2) is 0 Å². The van der Waals surface area contributed by atoms with Crippen molar-refractivity contribution < 1.29 is 4.84 Å². The topological polar surface area (TPSA) is 21.3 Å². The summed E-state index contributed by atoms with van der Waals surface area (Å²) in [6.45, 7) is 8.23. The number of hydrogen-bond donors (Lipinski definition) is 1. The molecule has 1 N–H and O–H groups in total. The highest BCUT2D eigenvalue weighted by Crippen LogP contribution is 2.24. The molecule has 0 aromatic heterocycles. The van der Waals surface area contributed by atoms with Crippen molar-refractivity contribution in [2.45, 2.75) is 39.3 Å². The number of fused-ring (bicyclic) bond motifs is 1. The fourth-order valence-corrected chi connectivity index (χ4v) is 1.96. The molecule has 18 heavy (non-hydrogen) atoms. The van der Waals surface area contributed by atoms with E-state index in [0.29, 0.717) is 0 Å². The molecule has 0 bridgehead atoms. The first-order valence-electron chi connectivity index (χ1n) is 6.38. The molecule has 2 aromatic carbocycles. The van der Waals surface area contributed by atoms with E-state index in [9.17, 15) is 0 Å². The second-order valence-electron chi connectivity index (χ2n) is 5.62. The van der Waals surface area contributed by atoms with Crippen molar-refractivity contribution in [2.75, 3.05) is 0 Å². The zero-order valence-electron chi connectivity index (χ0n) is 11.5. The highest BCUT2D eigenvalue weighted by atomic mass is 16.7. The standard InChI is InChI=1S/C16H21NO/c1-12(17-18-16(2,3)4)14-11-7-9-13-8-5-6-10-15(13)14/h5-12,17H,1-4H3. The molecule has 0 aliphatic rings. The lowest BCUT2D eigenvalue weighted by Crippen LogP contribution is -2.31. The number of hydroxylamine groups is 1. The Morgan fingerprint density at radius 1 is 1.00 bits per heavy atom. The first-order valence-corrected chi connectivity index (χ1v) is 6.38. The fourth-order valence-electron chi connectivity index (χ4n) is 1.96. The van der Waals surface area contributed by atoms with Gasteiger partial charge in [0.1, 0.15) is 0 Å². The summed E-state index contributed by atoms with van der Waals surface area (Å²) in [5.41, 5.74) is 4.21. The van der Waals surface area contributed by atoms with E-state index >= 15 is 0 Å². The van der Waals surface area contributed by atoms with Crippen molar-refractivity contribution in [2.24, 2.45) is 0 Å². The summed E-state index contributed by atoms with van der Waals surface area (Å²) in [6, 6.07) is 15.0. The van der Waals surface area contributed by atoms with Gasteiger partial charge in [-0.2, -0.15) is 5.48 Å². The van der Waals surface area contributed by atoms with Gasteiger partial charge < -0.3 is 0 Å². The molecule has 2 rings (SSSR count). The Labute approximate surface area is 109 Å². The highest BCUT2D eigenvalue weighted by Gasteiger charge is 2.14. The average Bonchev–Trinajstić information content (AvgIpc) is 2.34. The SMILES string of the molecule is CC(NOC(C)(C)C)c1cccc2ccccc12. The van der Waals surface area contributed by atoms with E-state index in [0.717, 1.165) is 0 Å². The lowest BCUT2D eigenvalue weighted by atomic mass is 10.0. The highest BCUT2D eigenvalue weighted by molar-refractivity contribution is 5.86. The van der Waals surface area contributed by atoms with Crippen molar-refractivity contribution in [1.29, 1.82) is 0 Å². The smallest absolute Gasteiger partial charge is 0.0813 e. The molecule has 0 aliphatic heterocycles. The number of benzene rings is 2. The van der Waals surface area contributed by atoms with E-state index in [1.165, 1.54) is 16.3 Å². The van der Waals surface area contributed by atoms with Gasteiger partial charge in [0.2, 0.25) is 0 Å². The third-order valence-corrected chi connectivity index (χ3v) is 2.83. The summed E-state index contributed by atoms with van der Waals surface area (Å²) in [6.07, 6.45) is 0. The van der Waals surface area contributed by atoms with E-state index in [2.05, 4.69) is 54.9 Å². The van der Waals surface area contributed by atoms with Crippen LogP contribution in [0, 0.1) is 0 Å². The van der Waals surface area contributed by atoms with Gasteiger partial charge in [-0.25, -0.2) is 0 Å². The second kappa shape index (κ2) is 5.09. The van der Waals surface area contributed by atoms with E-state index in [1.54, 1.807) is 0 Å². The van der Waals surface area contributed by atoms with Crippen LogP contribution in [0.4, 0.5) is 0 Å². The number of nitrogens with one attached hydrogen (secondary N) is 1. The third kappa shape index (κ3) is 3.09. The fraction of sp³-hybridized carbons (Fsp3) is 0.375. The summed E-state index contributed by atoms with van der Waals surface area (Å²) in [5, 5.41) is 2.54. The Morgan fingerprint density at radius 3 is 2.39 bits per heavy atom. The molecule has 0 fully saturated rings. The van der Waals surface area contributed by atoms with Gasteiger partial charge in [-0.05, 0) is 44.0 Å². The van der Waals surface area contributed by atoms with E-state index in [-0.39, 0.29) is 11.6 Å². The Kier molecular flexibility index (Phi) is 3.69. The van der Waals surface area contributed by atoms with Crippen LogP contribution in [-0.4, -0.2) is 5.60 Å². The summed E-state index contributed by atoms with van der Waals surface area (Å²) in [5.74, 6) is 0. The number of hydrogen-bond acceptors (Lipinski definition) is 2. The largest absolute Gasteiger partial charge is 0.296 e. The van der Waals surface area contributed by atoms with Gasteiger partial charge in [-0.15, -0.1) is 0 Å². The normalized spacial score (nSPS) is 13.8. The predicted octanol–water partition coefficient (Wildman–Crippen LogP) is 4.22. The molecule has 0 saturated heterocycles. The van der Waals surface area contributed by atoms with Crippen LogP contribution in [0.3, 0.4) is 0 Å². The quantitative estimate of drug-likeness (QED) is 0.815. The van der Waals surface area contributed by atoms with Crippen molar-refractivity contribution >= 4 is 10.8 Å². The van der Waals surface area contributed by atoms with Crippen LogP contribution in [0.15, 0.2) is 42.5 Å². The second-order valence-corrected chi connectivity index (χ2v) is 5.62. The third-order valence-electron chi connectivity index (χ3n) is 2.83. The zero-order valence-corrected chi connectivity index (χ0v) is 11.5. The molecular weight excluding hydrogens is 222 g/mol. The minimum atomic E-state index is -0.182. The molecule has 96 valence electrons. The summed E-state index contributed by atoms with van der Waals surface area (Å²) < 4.78 is 0. The van der Waals surface area contributed by atoms with Crippen molar-refractivity contribution in [1.82, 2.24) is 5.48 Å². The average molecular weight is 243 g/mol. The Morgan fingerprint density at radius 2 is 1.67 bits per heavy atom. The van der Waals surface area contributed by atoms with Gasteiger partial charge in [0.25, 0.3) is 0 Å². The molecule has 2 heteroatoms. The van der Waals surface area contributed by atoms with Gasteiger partial charge >= 0.3 is 0 Å². The van der Waals surface area contributed by atoms with Gasteiger partial charge in [0.05, 0.1) is 11.6 Å². The minimum absolute atomic E-state index is 0.162. The molecular formula is C16H21NO. The molecule has 0 amide bonds. The first kappa shape index (κ1) is 13.1. The van der Waals surface area contributed by atoms with Crippen LogP contribution in [-0.2, 0) is 4.84 Å². The Balaban J connectivity index is 2.25. The van der Waals surface area contributed by atoms with Crippen LogP contribution in [0.5, 0.6) is 0 Å². The number of rotatable bonds is 3. The molecule has 1 unspecified atom stereocenters. The molecule has 0 heterocycles. The molecule has 2 nitrogen and oxygen atoms in total. The van der Waals surface area contributed by atoms with Crippen LogP contribution < -0.4 is 5.48 Å². The molecule has 0 aliphatic carbocycles. The minimum Gasteiger partial charge on any atom is -0.296 e. The maximum absolute atomic E-state index is 5.64. The molecule has 0 saturated carbocycles. The summed E-state index contributed by atoms with van der Waals surface area (Å²) >= 11 is 0. The van der Waals surface area contributed by atoms with Crippen LogP contribution in [0.2, 0.25) is 0 Å². The maximum Gasteiger partial charge on any atom is 0.0813 e. The van der Waals surface area contributed by atoms with Crippen LogP contribution >= 0.6 is 0 Å². The zero-order chi connectivity index (χ0) is 13.2. The monoisotopic (exact) mass is 243 g/mol. The summed E-state index contributed by atoms with van der Waals surface area (Å²) in [4.78, 5) is 5.64. The van der Waals surface area contributed by atoms with Crippen LogP contribution in [0.1, 0.15) is 39.3 Å². The lowest BCUT2D eigenvalue weighted by Gasteiger charge is -2.24. The van der Waals surface area contributed by atoms with Crippen LogP contribution in [0.25, 0.3) is 10.8 Å². The van der Waals surface area contributed by atoms with E-state index in [4.69, 9.17) is 4.84 Å². The predicted molar refractivity (Wildman–Crippen MR) is 76.3 cm³/mol. The van der Waals surface area contributed by atoms with Crippen molar-refractivity contribution in [3.8, 4) is 0 Å². The van der Waals surface area contributed by atoms with E-state index in [1.807, 2.05) is 20.8 Å². The molecule has 0 spiro atoms. The van der Waals surface area contributed by atoms with Crippen molar-refractivity contribution in [3.05, 3.63) is 48.0 Å². The van der Waals surface area contributed by atoms with Gasteiger partial charge in [-0.1, -0.05) is 42.5 Å². The molecule has 0 radical (unpaired) electrons. The maximum atomic E-state index is 5.64. The first-order chi connectivity index (χ1) is 8.47. The lowest BCUT2D eigenvalue weighted by molar-refractivity contribution is -0.0864. The Bertz CT molecular complexity index is 523. The summed E-state index contributed by atoms with van der Waals surface area (Å²) in [7, 11) is 0. The van der Waals surface area contributed by atoms with Crippen molar-refractivity contribution in [3.63, 3.8) is 0 Å².